The Bertz CT molecular complexity index is 705. The number of aryl methyl sites for hydroxylation is 3. The number of thiazole rings is 1. The van der Waals surface area contributed by atoms with E-state index >= 15 is 0 Å². The van der Waals surface area contributed by atoms with Crippen LogP contribution in [0.25, 0.3) is 0 Å². The Labute approximate surface area is 120 Å². The molecule has 106 valence electrons. The number of aromatic nitrogens is 3. The summed E-state index contributed by atoms with van der Waals surface area (Å²) in [5.41, 5.74) is 1.79. The molecule has 7 heteroatoms. The van der Waals surface area contributed by atoms with Crippen LogP contribution in [0.15, 0.2) is 16.2 Å². The molecule has 0 saturated heterocycles. The molecule has 0 fully saturated rings. The van der Waals surface area contributed by atoms with Gasteiger partial charge in [0.1, 0.15) is 6.04 Å². The Morgan fingerprint density at radius 2 is 2.00 bits per heavy atom. The van der Waals surface area contributed by atoms with E-state index in [-0.39, 0.29) is 5.91 Å². The fourth-order valence-electron chi connectivity index (χ4n) is 1.97. The molecular weight excluding hydrogens is 276 g/mol. The molecule has 20 heavy (non-hydrogen) atoms. The number of amides is 1. The third kappa shape index (κ3) is 2.93. The van der Waals surface area contributed by atoms with E-state index < -0.39 is 11.7 Å². The maximum Gasteiger partial charge on any atom is 0.348 e. The number of carbonyl (C=O) groups is 1. The van der Waals surface area contributed by atoms with E-state index in [9.17, 15) is 9.59 Å². The summed E-state index contributed by atoms with van der Waals surface area (Å²) >= 11 is 1.36. The van der Waals surface area contributed by atoms with Gasteiger partial charge >= 0.3 is 5.69 Å². The molecule has 0 aromatic carbocycles. The minimum Gasteiger partial charge on any atom is -0.300 e. The predicted octanol–water partition coefficient (Wildman–Crippen LogP) is 1.82. The van der Waals surface area contributed by atoms with Crippen LogP contribution in [-0.2, 0) is 4.79 Å². The molecule has 0 aliphatic carbocycles. The summed E-state index contributed by atoms with van der Waals surface area (Å²) in [7, 11) is 0. The molecule has 0 saturated carbocycles. The number of nitrogens with one attached hydrogen (secondary N) is 1. The van der Waals surface area contributed by atoms with Gasteiger partial charge in [-0.1, -0.05) is 0 Å². The molecule has 1 N–H and O–H groups in total. The van der Waals surface area contributed by atoms with E-state index in [2.05, 4.69) is 15.3 Å². The monoisotopic (exact) mass is 292 g/mol. The lowest BCUT2D eigenvalue weighted by molar-refractivity contribution is -0.118. The van der Waals surface area contributed by atoms with Crippen molar-refractivity contribution in [3.63, 3.8) is 0 Å². The molecule has 2 aromatic rings. The molecule has 0 spiro atoms. The van der Waals surface area contributed by atoms with E-state index in [1.165, 1.54) is 15.9 Å². The molecule has 2 heterocycles. The average Bonchev–Trinajstić information content (AvgIpc) is 2.73. The minimum atomic E-state index is -0.639. The van der Waals surface area contributed by atoms with Crippen molar-refractivity contribution in [1.29, 1.82) is 0 Å². The van der Waals surface area contributed by atoms with Gasteiger partial charge in [-0.3, -0.25) is 9.36 Å². The first-order valence-electron chi connectivity index (χ1n) is 6.18. The van der Waals surface area contributed by atoms with Crippen LogP contribution < -0.4 is 11.0 Å². The molecule has 0 bridgehead atoms. The SMILES string of the molecule is Cc1csc(NC(=O)C(C)n2c(C)cc(C)nc2=O)n1. The number of hydrogen-bond acceptors (Lipinski definition) is 5. The molecule has 0 radical (unpaired) electrons. The van der Waals surface area contributed by atoms with Crippen molar-refractivity contribution in [1.82, 2.24) is 14.5 Å². The van der Waals surface area contributed by atoms with Crippen molar-refractivity contribution in [2.45, 2.75) is 33.7 Å². The molecule has 2 aromatic heterocycles. The van der Waals surface area contributed by atoms with Gasteiger partial charge < -0.3 is 5.32 Å². The summed E-state index contributed by atoms with van der Waals surface area (Å²) in [6, 6.07) is 1.14. The van der Waals surface area contributed by atoms with E-state index in [1.807, 2.05) is 12.3 Å². The van der Waals surface area contributed by atoms with E-state index in [0.717, 1.165) is 5.69 Å². The maximum absolute atomic E-state index is 12.2. The Morgan fingerprint density at radius 3 is 2.55 bits per heavy atom. The summed E-state index contributed by atoms with van der Waals surface area (Å²) in [6.07, 6.45) is 0. The lowest BCUT2D eigenvalue weighted by Gasteiger charge is -2.16. The number of hydrogen-bond donors (Lipinski definition) is 1. The van der Waals surface area contributed by atoms with E-state index in [1.54, 1.807) is 26.8 Å². The smallest absolute Gasteiger partial charge is 0.300 e. The number of carbonyl (C=O) groups excluding carboxylic acids is 1. The predicted molar refractivity (Wildman–Crippen MR) is 78.2 cm³/mol. The van der Waals surface area contributed by atoms with Crippen LogP contribution in [0.2, 0.25) is 0 Å². The third-order valence-corrected chi connectivity index (χ3v) is 3.77. The zero-order valence-corrected chi connectivity index (χ0v) is 12.6. The number of rotatable bonds is 3. The minimum absolute atomic E-state index is 0.282. The van der Waals surface area contributed by atoms with Gasteiger partial charge in [-0.05, 0) is 33.8 Å². The molecule has 1 atom stereocenters. The molecule has 0 aliphatic heterocycles. The van der Waals surface area contributed by atoms with Gasteiger partial charge in [0.05, 0.1) is 5.69 Å². The standard InChI is InChI=1S/C13H16N4O2S/c1-7-5-9(3)17(13(19)15-7)10(4)11(18)16-12-14-8(2)6-20-12/h5-6,10H,1-4H3,(H,14,16,18). The topological polar surface area (TPSA) is 76.9 Å². The fraction of sp³-hybridized carbons (Fsp3) is 0.385. The zero-order valence-electron chi connectivity index (χ0n) is 11.8. The summed E-state index contributed by atoms with van der Waals surface area (Å²) < 4.78 is 1.38. The first-order valence-corrected chi connectivity index (χ1v) is 7.06. The van der Waals surface area contributed by atoms with Crippen LogP contribution >= 0.6 is 11.3 Å². The van der Waals surface area contributed by atoms with Crippen LogP contribution in [-0.4, -0.2) is 20.4 Å². The normalized spacial score (nSPS) is 12.2. The molecule has 1 unspecified atom stereocenters. The Kier molecular flexibility index (Phi) is 3.99. The fourth-order valence-corrected chi connectivity index (χ4v) is 2.66. The van der Waals surface area contributed by atoms with Crippen LogP contribution in [0.3, 0.4) is 0 Å². The van der Waals surface area contributed by atoms with Gasteiger partial charge in [-0.25, -0.2) is 9.78 Å². The lowest BCUT2D eigenvalue weighted by Crippen LogP contribution is -2.34. The Morgan fingerprint density at radius 1 is 1.30 bits per heavy atom. The van der Waals surface area contributed by atoms with Crippen molar-refractivity contribution >= 4 is 22.4 Å². The molecule has 1 amide bonds. The van der Waals surface area contributed by atoms with Gasteiger partial charge in [0.25, 0.3) is 0 Å². The van der Waals surface area contributed by atoms with Gasteiger partial charge in [-0.15, -0.1) is 11.3 Å². The summed E-state index contributed by atoms with van der Waals surface area (Å²) in [5.74, 6) is -0.282. The summed E-state index contributed by atoms with van der Waals surface area (Å²) in [5, 5.41) is 5.10. The van der Waals surface area contributed by atoms with Crippen LogP contribution in [0.5, 0.6) is 0 Å². The van der Waals surface area contributed by atoms with Gasteiger partial charge in [-0.2, -0.15) is 4.98 Å². The van der Waals surface area contributed by atoms with Crippen LogP contribution in [0, 0.1) is 20.8 Å². The summed E-state index contributed by atoms with van der Waals surface area (Å²) in [4.78, 5) is 32.1. The molecule has 6 nitrogen and oxygen atoms in total. The van der Waals surface area contributed by atoms with Crippen LogP contribution in [0.4, 0.5) is 5.13 Å². The second kappa shape index (κ2) is 5.54. The number of nitrogens with zero attached hydrogens (tertiary/aromatic N) is 3. The van der Waals surface area contributed by atoms with Crippen molar-refractivity contribution in [2.75, 3.05) is 5.32 Å². The highest BCUT2D eigenvalue weighted by Gasteiger charge is 2.19. The molecule has 0 aliphatic rings. The number of anilines is 1. The summed E-state index contributed by atoms with van der Waals surface area (Å²) in [6.45, 7) is 7.06. The van der Waals surface area contributed by atoms with Crippen molar-refractivity contribution in [3.8, 4) is 0 Å². The van der Waals surface area contributed by atoms with Crippen LogP contribution in [0.1, 0.15) is 30.0 Å². The third-order valence-electron chi connectivity index (χ3n) is 2.89. The lowest BCUT2D eigenvalue weighted by atomic mass is 10.2. The first-order chi connectivity index (χ1) is 9.38. The highest BCUT2D eigenvalue weighted by Crippen LogP contribution is 2.16. The maximum atomic E-state index is 12.2. The second-order valence-corrected chi connectivity index (χ2v) is 5.51. The van der Waals surface area contributed by atoms with Gasteiger partial charge in [0, 0.05) is 16.8 Å². The van der Waals surface area contributed by atoms with Crippen molar-refractivity contribution < 1.29 is 4.79 Å². The molecule has 2 rings (SSSR count). The second-order valence-electron chi connectivity index (χ2n) is 4.65. The largest absolute Gasteiger partial charge is 0.348 e. The van der Waals surface area contributed by atoms with Crippen molar-refractivity contribution in [3.05, 3.63) is 39.0 Å². The Balaban J connectivity index is 2.25. The van der Waals surface area contributed by atoms with E-state index in [4.69, 9.17) is 0 Å². The van der Waals surface area contributed by atoms with E-state index in [0.29, 0.717) is 16.5 Å². The average molecular weight is 292 g/mol. The van der Waals surface area contributed by atoms with Gasteiger partial charge in [0.2, 0.25) is 5.91 Å². The first kappa shape index (κ1) is 14.4. The van der Waals surface area contributed by atoms with Gasteiger partial charge in [0.15, 0.2) is 5.13 Å². The zero-order chi connectivity index (χ0) is 14.9. The quantitative estimate of drug-likeness (QED) is 0.936. The Hall–Kier alpha value is -2.02. The van der Waals surface area contributed by atoms with Crippen molar-refractivity contribution in [2.24, 2.45) is 0 Å². The highest BCUT2D eigenvalue weighted by molar-refractivity contribution is 7.13. The highest BCUT2D eigenvalue weighted by atomic mass is 32.1. The molecular formula is C13H16N4O2S.